The highest BCUT2D eigenvalue weighted by Crippen LogP contribution is 2.20. The average molecular weight is 340 g/mol. The van der Waals surface area contributed by atoms with E-state index in [0.717, 1.165) is 17.7 Å². The van der Waals surface area contributed by atoms with Crippen LogP contribution in [0.2, 0.25) is 0 Å². The summed E-state index contributed by atoms with van der Waals surface area (Å²) in [6.07, 6.45) is 3.19. The Kier molecular flexibility index (Phi) is 5.28. The molecule has 2 aromatic rings. The number of aromatic nitrogens is 1. The fourth-order valence-electron chi connectivity index (χ4n) is 2.94. The Hall–Kier alpha value is -2.89. The zero-order chi connectivity index (χ0) is 17.6. The summed E-state index contributed by atoms with van der Waals surface area (Å²) in [6, 6.07) is 12.2. The second kappa shape index (κ2) is 7.79. The largest absolute Gasteiger partial charge is 0.487 e. The molecule has 1 aliphatic rings. The van der Waals surface area contributed by atoms with Crippen molar-refractivity contribution in [2.45, 2.75) is 31.9 Å². The molecule has 130 valence electrons. The molecule has 0 aliphatic carbocycles. The Morgan fingerprint density at radius 1 is 1.20 bits per heavy atom. The maximum Gasteiger partial charge on any atom is 0.326 e. The molecule has 2 heterocycles. The van der Waals surface area contributed by atoms with Crippen LogP contribution in [0.15, 0.2) is 48.7 Å². The molecule has 1 saturated heterocycles. The van der Waals surface area contributed by atoms with E-state index in [-0.39, 0.29) is 12.3 Å². The van der Waals surface area contributed by atoms with Crippen LogP contribution < -0.4 is 4.74 Å². The standard InChI is InChI=1S/C19H20N2O4/c22-18(21-11-3-5-17(21)19(23)24)12-14-6-8-16(9-7-14)25-13-15-4-1-2-10-20-15/h1-2,4,6-10,17H,3,5,11-13H2,(H,23,24)/t17-/m1/s1. The monoisotopic (exact) mass is 340 g/mol. The molecular weight excluding hydrogens is 320 g/mol. The molecule has 6 heteroatoms. The topological polar surface area (TPSA) is 79.7 Å². The lowest BCUT2D eigenvalue weighted by molar-refractivity contribution is -0.148. The van der Waals surface area contributed by atoms with Gasteiger partial charge in [0.2, 0.25) is 5.91 Å². The van der Waals surface area contributed by atoms with E-state index in [4.69, 9.17) is 4.74 Å². The van der Waals surface area contributed by atoms with Gasteiger partial charge in [0, 0.05) is 12.7 Å². The molecule has 1 N–H and O–H groups in total. The number of ether oxygens (including phenoxy) is 1. The molecule has 1 aromatic heterocycles. The summed E-state index contributed by atoms with van der Waals surface area (Å²) in [5.41, 5.74) is 1.68. The number of carbonyl (C=O) groups excluding carboxylic acids is 1. The minimum atomic E-state index is -0.927. The first-order valence-electron chi connectivity index (χ1n) is 8.27. The number of pyridine rings is 1. The minimum Gasteiger partial charge on any atom is -0.487 e. The lowest BCUT2D eigenvalue weighted by atomic mass is 10.1. The van der Waals surface area contributed by atoms with Crippen molar-refractivity contribution in [1.82, 2.24) is 9.88 Å². The van der Waals surface area contributed by atoms with Gasteiger partial charge < -0.3 is 14.7 Å². The normalized spacial score (nSPS) is 16.6. The van der Waals surface area contributed by atoms with Crippen LogP contribution in [0, 0.1) is 0 Å². The number of amides is 1. The maximum absolute atomic E-state index is 12.3. The molecule has 0 radical (unpaired) electrons. The molecule has 1 aliphatic heterocycles. The molecule has 6 nitrogen and oxygen atoms in total. The highest BCUT2D eigenvalue weighted by Gasteiger charge is 2.33. The predicted octanol–water partition coefficient (Wildman–Crippen LogP) is 2.28. The summed E-state index contributed by atoms with van der Waals surface area (Å²) in [5, 5.41) is 9.17. The van der Waals surface area contributed by atoms with E-state index >= 15 is 0 Å². The van der Waals surface area contributed by atoms with Crippen LogP contribution in [0.4, 0.5) is 0 Å². The summed E-state index contributed by atoms with van der Waals surface area (Å²) >= 11 is 0. The number of benzene rings is 1. The second-order valence-electron chi connectivity index (χ2n) is 6.01. The average Bonchev–Trinajstić information content (AvgIpc) is 3.12. The van der Waals surface area contributed by atoms with Gasteiger partial charge in [0.25, 0.3) is 0 Å². The van der Waals surface area contributed by atoms with Gasteiger partial charge in [-0.25, -0.2) is 4.79 Å². The third-order valence-electron chi connectivity index (χ3n) is 4.25. The number of carbonyl (C=O) groups is 2. The number of nitrogens with zero attached hydrogens (tertiary/aromatic N) is 2. The van der Waals surface area contributed by atoms with Crippen molar-refractivity contribution in [1.29, 1.82) is 0 Å². The molecule has 0 saturated carbocycles. The van der Waals surface area contributed by atoms with Crippen LogP contribution in [-0.4, -0.2) is 39.5 Å². The number of likely N-dealkylation sites (tertiary alicyclic amines) is 1. The Labute approximate surface area is 146 Å². The van der Waals surface area contributed by atoms with Crippen LogP contribution in [-0.2, 0) is 22.6 Å². The summed E-state index contributed by atoms with van der Waals surface area (Å²) in [4.78, 5) is 29.2. The minimum absolute atomic E-state index is 0.146. The van der Waals surface area contributed by atoms with E-state index in [2.05, 4.69) is 4.98 Å². The van der Waals surface area contributed by atoms with E-state index in [1.165, 1.54) is 4.90 Å². The van der Waals surface area contributed by atoms with Crippen molar-refractivity contribution in [3.63, 3.8) is 0 Å². The number of aliphatic carboxylic acids is 1. The molecule has 0 spiro atoms. The van der Waals surface area contributed by atoms with Crippen molar-refractivity contribution in [3.8, 4) is 5.75 Å². The molecule has 25 heavy (non-hydrogen) atoms. The summed E-state index contributed by atoms with van der Waals surface area (Å²) in [6.45, 7) is 0.897. The van der Waals surface area contributed by atoms with Gasteiger partial charge in [0.15, 0.2) is 0 Å². The van der Waals surface area contributed by atoms with E-state index in [1.807, 2.05) is 42.5 Å². The number of hydrogen-bond donors (Lipinski definition) is 1. The molecule has 0 unspecified atom stereocenters. The van der Waals surface area contributed by atoms with E-state index in [9.17, 15) is 14.7 Å². The van der Waals surface area contributed by atoms with E-state index in [1.54, 1.807) is 6.20 Å². The molecule has 1 fully saturated rings. The summed E-state index contributed by atoms with van der Waals surface area (Å²) in [7, 11) is 0. The quantitative estimate of drug-likeness (QED) is 0.873. The van der Waals surface area contributed by atoms with Crippen LogP contribution in [0.5, 0.6) is 5.75 Å². The lowest BCUT2D eigenvalue weighted by Crippen LogP contribution is -2.41. The van der Waals surface area contributed by atoms with Crippen molar-refractivity contribution in [3.05, 3.63) is 59.9 Å². The van der Waals surface area contributed by atoms with Crippen LogP contribution in [0.3, 0.4) is 0 Å². The highest BCUT2D eigenvalue weighted by molar-refractivity contribution is 5.85. The molecule has 3 rings (SSSR count). The molecule has 1 atom stereocenters. The first-order valence-corrected chi connectivity index (χ1v) is 8.27. The summed E-state index contributed by atoms with van der Waals surface area (Å²) < 4.78 is 5.66. The van der Waals surface area contributed by atoms with Crippen molar-refractivity contribution < 1.29 is 19.4 Å². The third kappa shape index (κ3) is 4.35. The Balaban J connectivity index is 1.55. The van der Waals surface area contributed by atoms with Crippen molar-refractivity contribution in [2.75, 3.05) is 6.54 Å². The van der Waals surface area contributed by atoms with E-state index in [0.29, 0.717) is 25.3 Å². The highest BCUT2D eigenvalue weighted by atomic mass is 16.5. The Morgan fingerprint density at radius 3 is 2.68 bits per heavy atom. The molecule has 1 aromatic carbocycles. The Morgan fingerprint density at radius 2 is 2.00 bits per heavy atom. The van der Waals surface area contributed by atoms with Crippen LogP contribution in [0.25, 0.3) is 0 Å². The fraction of sp³-hybridized carbons (Fsp3) is 0.316. The SMILES string of the molecule is O=C(O)[C@H]1CCCN1C(=O)Cc1ccc(OCc2ccccn2)cc1. The number of rotatable bonds is 6. The lowest BCUT2D eigenvalue weighted by Gasteiger charge is -2.21. The Bertz CT molecular complexity index is 731. The second-order valence-corrected chi connectivity index (χ2v) is 6.01. The first-order chi connectivity index (χ1) is 12.1. The van der Waals surface area contributed by atoms with Crippen molar-refractivity contribution >= 4 is 11.9 Å². The number of carboxylic acids is 1. The van der Waals surface area contributed by atoms with Gasteiger partial charge in [0.1, 0.15) is 18.4 Å². The summed E-state index contributed by atoms with van der Waals surface area (Å²) in [5.74, 6) is -0.373. The van der Waals surface area contributed by atoms with Gasteiger partial charge in [-0.05, 0) is 42.7 Å². The molecule has 0 bridgehead atoms. The van der Waals surface area contributed by atoms with Gasteiger partial charge in [-0.3, -0.25) is 9.78 Å². The fourth-order valence-corrected chi connectivity index (χ4v) is 2.94. The zero-order valence-corrected chi connectivity index (χ0v) is 13.8. The maximum atomic E-state index is 12.3. The number of hydrogen-bond acceptors (Lipinski definition) is 4. The van der Waals surface area contributed by atoms with Crippen LogP contribution in [0.1, 0.15) is 24.1 Å². The third-order valence-corrected chi connectivity index (χ3v) is 4.25. The smallest absolute Gasteiger partial charge is 0.326 e. The molecule has 1 amide bonds. The van der Waals surface area contributed by atoms with Gasteiger partial charge in [0.05, 0.1) is 12.1 Å². The first kappa shape index (κ1) is 17.0. The van der Waals surface area contributed by atoms with Gasteiger partial charge in [-0.1, -0.05) is 18.2 Å². The molecular formula is C19H20N2O4. The number of carboxylic acid groups (broad SMARTS) is 1. The van der Waals surface area contributed by atoms with Crippen molar-refractivity contribution in [2.24, 2.45) is 0 Å². The zero-order valence-electron chi connectivity index (χ0n) is 13.8. The van der Waals surface area contributed by atoms with E-state index < -0.39 is 12.0 Å². The predicted molar refractivity (Wildman–Crippen MR) is 91.1 cm³/mol. The van der Waals surface area contributed by atoms with Crippen LogP contribution >= 0.6 is 0 Å². The van der Waals surface area contributed by atoms with Gasteiger partial charge >= 0.3 is 5.97 Å². The van der Waals surface area contributed by atoms with Gasteiger partial charge in [-0.15, -0.1) is 0 Å². The van der Waals surface area contributed by atoms with Gasteiger partial charge in [-0.2, -0.15) is 0 Å².